The van der Waals surface area contributed by atoms with E-state index in [9.17, 15) is 22.4 Å². The second-order valence-electron chi connectivity index (χ2n) is 10.8. The van der Waals surface area contributed by atoms with E-state index in [1.54, 1.807) is 0 Å². The van der Waals surface area contributed by atoms with E-state index >= 15 is 0 Å². The Hall–Kier alpha value is -3.72. The van der Waals surface area contributed by atoms with Gasteiger partial charge in [-0.15, -0.1) is 0 Å². The van der Waals surface area contributed by atoms with Gasteiger partial charge in [0.2, 0.25) is 21.8 Å². The van der Waals surface area contributed by atoms with Crippen LogP contribution >= 0.6 is 0 Å². The SMILES string of the molecule is Cc1ccc(CN(C(=O)CN(c2ccccc2F)S(C)(=O)=O)[C@H](Cc2ccccc2)C(=O)NC2CCCCC2)cc1. The monoisotopic (exact) mass is 579 g/mol. The Morgan fingerprint density at radius 3 is 2.17 bits per heavy atom. The van der Waals surface area contributed by atoms with Gasteiger partial charge in [0.05, 0.1) is 11.9 Å². The average Bonchev–Trinajstić information content (AvgIpc) is 2.95. The predicted molar refractivity (Wildman–Crippen MR) is 159 cm³/mol. The summed E-state index contributed by atoms with van der Waals surface area (Å²) in [6, 6.07) is 21.6. The van der Waals surface area contributed by atoms with Crippen LogP contribution in [0.2, 0.25) is 0 Å². The second kappa shape index (κ2) is 13.8. The highest BCUT2D eigenvalue weighted by Crippen LogP contribution is 2.24. The van der Waals surface area contributed by atoms with Crippen molar-refractivity contribution in [3.63, 3.8) is 0 Å². The maximum absolute atomic E-state index is 14.7. The largest absolute Gasteiger partial charge is 0.352 e. The van der Waals surface area contributed by atoms with Crippen molar-refractivity contribution in [2.24, 2.45) is 0 Å². The average molecular weight is 580 g/mol. The molecule has 1 atom stereocenters. The van der Waals surface area contributed by atoms with E-state index in [1.807, 2.05) is 61.5 Å². The molecule has 218 valence electrons. The normalized spacial score (nSPS) is 14.7. The van der Waals surface area contributed by atoms with Gasteiger partial charge in [-0.05, 0) is 43.0 Å². The van der Waals surface area contributed by atoms with E-state index < -0.39 is 34.3 Å². The molecule has 0 unspecified atom stereocenters. The minimum atomic E-state index is -4.03. The van der Waals surface area contributed by atoms with Crippen molar-refractivity contribution >= 4 is 27.5 Å². The minimum Gasteiger partial charge on any atom is -0.352 e. The fourth-order valence-corrected chi connectivity index (χ4v) is 6.09. The zero-order valence-corrected chi connectivity index (χ0v) is 24.4. The van der Waals surface area contributed by atoms with Crippen LogP contribution in [0.3, 0.4) is 0 Å². The molecule has 0 radical (unpaired) electrons. The van der Waals surface area contributed by atoms with Gasteiger partial charge in [0.25, 0.3) is 0 Å². The van der Waals surface area contributed by atoms with Gasteiger partial charge in [-0.25, -0.2) is 12.8 Å². The first-order chi connectivity index (χ1) is 19.6. The standard InChI is InChI=1S/C32H38FN3O4S/c1-24-17-19-26(20-18-24)22-35(31(37)23-36(41(2,39)40)29-16-10-9-15-28(29)33)30(21-25-11-5-3-6-12-25)32(38)34-27-13-7-4-8-14-27/h3,5-6,9-12,15-20,27,30H,4,7-8,13-14,21-23H2,1-2H3,(H,34,38)/t30-/m1/s1. The van der Waals surface area contributed by atoms with Gasteiger partial charge in [-0.1, -0.05) is 91.6 Å². The fourth-order valence-electron chi connectivity index (χ4n) is 5.24. The predicted octanol–water partition coefficient (Wildman–Crippen LogP) is 4.99. The molecular formula is C32H38FN3O4S. The Morgan fingerprint density at radius 2 is 1.54 bits per heavy atom. The lowest BCUT2D eigenvalue weighted by molar-refractivity contribution is -0.140. The number of rotatable bonds is 11. The smallest absolute Gasteiger partial charge is 0.244 e. The summed E-state index contributed by atoms with van der Waals surface area (Å²) in [6.45, 7) is 1.40. The summed E-state index contributed by atoms with van der Waals surface area (Å²) in [4.78, 5) is 29.5. The van der Waals surface area contributed by atoms with E-state index in [2.05, 4.69) is 5.32 Å². The van der Waals surface area contributed by atoms with Gasteiger partial charge in [0.15, 0.2) is 0 Å². The summed E-state index contributed by atoms with van der Waals surface area (Å²) in [7, 11) is -4.03. The van der Waals surface area contributed by atoms with Crippen LogP contribution in [-0.2, 0) is 32.6 Å². The minimum absolute atomic E-state index is 0.0248. The first-order valence-electron chi connectivity index (χ1n) is 14.0. The van der Waals surface area contributed by atoms with Gasteiger partial charge in [-0.2, -0.15) is 0 Å². The number of para-hydroxylation sites is 1. The van der Waals surface area contributed by atoms with Crippen molar-refractivity contribution in [1.29, 1.82) is 0 Å². The Bertz CT molecular complexity index is 1420. The molecule has 3 aromatic rings. The van der Waals surface area contributed by atoms with E-state index in [0.717, 1.165) is 65.4 Å². The van der Waals surface area contributed by atoms with Gasteiger partial charge in [-0.3, -0.25) is 13.9 Å². The van der Waals surface area contributed by atoms with Crippen LogP contribution in [0.15, 0.2) is 78.9 Å². The summed E-state index contributed by atoms with van der Waals surface area (Å²) < 4.78 is 41.1. The highest BCUT2D eigenvalue weighted by atomic mass is 32.2. The van der Waals surface area contributed by atoms with Crippen molar-refractivity contribution in [1.82, 2.24) is 10.2 Å². The molecule has 0 saturated heterocycles. The highest BCUT2D eigenvalue weighted by Gasteiger charge is 2.34. The number of benzene rings is 3. The third-order valence-corrected chi connectivity index (χ3v) is 8.62. The molecule has 2 amide bonds. The number of carbonyl (C=O) groups excluding carboxylic acids is 2. The summed E-state index contributed by atoms with van der Waals surface area (Å²) in [6.07, 6.45) is 6.15. The summed E-state index contributed by atoms with van der Waals surface area (Å²) >= 11 is 0. The van der Waals surface area contributed by atoms with Gasteiger partial charge in [0.1, 0.15) is 18.4 Å². The zero-order valence-electron chi connectivity index (χ0n) is 23.6. The van der Waals surface area contributed by atoms with Crippen LogP contribution in [0.25, 0.3) is 0 Å². The van der Waals surface area contributed by atoms with Crippen molar-refractivity contribution in [2.45, 2.75) is 64.1 Å². The van der Waals surface area contributed by atoms with E-state index in [4.69, 9.17) is 0 Å². The molecule has 0 aliphatic heterocycles. The summed E-state index contributed by atoms with van der Waals surface area (Å²) in [5.41, 5.74) is 2.49. The van der Waals surface area contributed by atoms with Gasteiger partial charge in [0, 0.05) is 19.0 Å². The van der Waals surface area contributed by atoms with Crippen LogP contribution in [0.5, 0.6) is 0 Å². The number of hydrogen-bond acceptors (Lipinski definition) is 4. The number of hydrogen-bond donors (Lipinski definition) is 1. The Balaban J connectivity index is 1.72. The number of nitrogens with zero attached hydrogens (tertiary/aromatic N) is 2. The molecule has 1 fully saturated rings. The van der Waals surface area contributed by atoms with Crippen molar-refractivity contribution in [3.05, 3.63) is 101 Å². The van der Waals surface area contributed by atoms with Gasteiger partial charge >= 0.3 is 0 Å². The molecular weight excluding hydrogens is 541 g/mol. The number of halogens is 1. The fraction of sp³-hybridized carbons (Fsp3) is 0.375. The summed E-state index contributed by atoms with van der Waals surface area (Å²) in [5.74, 6) is -1.64. The number of carbonyl (C=O) groups is 2. The third kappa shape index (κ3) is 8.39. The topological polar surface area (TPSA) is 86.8 Å². The molecule has 0 bridgehead atoms. The molecule has 7 nitrogen and oxygen atoms in total. The molecule has 9 heteroatoms. The number of anilines is 1. The van der Waals surface area contributed by atoms with Crippen LogP contribution in [0, 0.1) is 12.7 Å². The number of sulfonamides is 1. The van der Waals surface area contributed by atoms with Crippen LogP contribution < -0.4 is 9.62 Å². The molecule has 1 aliphatic carbocycles. The van der Waals surface area contributed by atoms with Crippen molar-refractivity contribution in [2.75, 3.05) is 17.1 Å². The van der Waals surface area contributed by atoms with Crippen LogP contribution in [0.4, 0.5) is 10.1 Å². The molecule has 0 heterocycles. The lowest BCUT2D eigenvalue weighted by Crippen LogP contribution is -2.55. The second-order valence-corrected chi connectivity index (χ2v) is 12.7. The first-order valence-corrected chi connectivity index (χ1v) is 15.9. The van der Waals surface area contributed by atoms with Gasteiger partial charge < -0.3 is 10.2 Å². The number of amides is 2. The van der Waals surface area contributed by atoms with Crippen LogP contribution in [0.1, 0.15) is 48.8 Å². The Morgan fingerprint density at radius 1 is 0.902 bits per heavy atom. The maximum Gasteiger partial charge on any atom is 0.244 e. The molecule has 3 aromatic carbocycles. The van der Waals surface area contributed by atoms with E-state index in [-0.39, 0.29) is 30.6 Å². The lowest BCUT2D eigenvalue weighted by Gasteiger charge is -2.35. The van der Waals surface area contributed by atoms with E-state index in [1.165, 1.54) is 23.1 Å². The van der Waals surface area contributed by atoms with Crippen molar-refractivity contribution < 1.29 is 22.4 Å². The number of nitrogens with one attached hydrogen (secondary N) is 1. The van der Waals surface area contributed by atoms with Crippen molar-refractivity contribution in [3.8, 4) is 0 Å². The zero-order chi connectivity index (χ0) is 29.4. The van der Waals surface area contributed by atoms with E-state index in [0.29, 0.717) is 0 Å². The Labute approximate surface area is 242 Å². The molecule has 41 heavy (non-hydrogen) atoms. The molecule has 1 N–H and O–H groups in total. The highest BCUT2D eigenvalue weighted by molar-refractivity contribution is 7.92. The maximum atomic E-state index is 14.7. The Kier molecular flexibility index (Phi) is 10.2. The molecule has 4 rings (SSSR count). The quantitative estimate of drug-likeness (QED) is 0.347. The first kappa shape index (κ1) is 30.2. The molecule has 0 aromatic heterocycles. The van der Waals surface area contributed by atoms with Crippen LogP contribution in [-0.4, -0.2) is 50.0 Å². The lowest BCUT2D eigenvalue weighted by atomic mass is 9.94. The third-order valence-electron chi connectivity index (χ3n) is 7.50. The molecule has 1 aliphatic rings. The number of aryl methyl sites for hydroxylation is 1. The summed E-state index contributed by atoms with van der Waals surface area (Å²) in [5, 5.41) is 3.17. The molecule has 1 saturated carbocycles. The molecule has 0 spiro atoms.